The fourth-order valence-electron chi connectivity index (χ4n) is 3.14. The van der Waals surface area contributed by atoms with Gasteiger partial charge in [0.25, 0.3) is 0 Å². The zero-order valence-corrected chi connectivity index (χ0v) is 10.7. The molecule has 1 N–H and O–H groups in total. The van der Waals surface area contributed by atoms with Gasteiger partial charge in [-0.2, -0.15) is 0 Å². The molecular weight excluding hydrogens is 216 g/mol. The highest BCUT2D eigenvalue weighted by molar-refractivity contribution is 5.95. The maximum absolute atomic E-state index is 12.0. The van der Waals surface area contributed by atoms with Crippen LogP contribution >= 0.6 is 0 Å². The van der Waals surface area contributed by atoms with E-state index in [2.05, 4.69) is 5.32 Å². The van der Waals surface area contributed by atoms with Gasteiger partial charge in [0.2, 0.25) is 11.8 Å². The number of carbonyl (C=O) groups is 2. The molecule has 2 amide bonds. The molecule has 1 saturated heterocycles. The van der Waals surface area contributed by atoms with Gasteiger partial charge in [0.1, 0.15) is 6.04 Å². The monoisotopic (exact) mass is 238 g/mol. The van der Waals surface area contributed by atoms with Crippen LogP contribution in [0.4, 0.5) is 0 Å². The van der Waals surface area contributed by atoms with Crippen molar-refractivity contribution in [2.75, 3.05) is 6.54 Å². The van der Waals surface area contributed by atoms with Crippen LogP contribution in [0.3, 0.4) is 0 Å². The second kappa shape index (κ2) is 5.07. The largest absolute Gasteiger partial charge is 0.345 e. The van der Waals surface area contributed by atoms with Gasteiger partial charge in [0.05, 0.1) is 6.54 Å². The molecule has 1 unspecified atom stereocenters. The van der Waals surface area contributed by atoms with Crippen molar-refractivity contribution in [3.8, 4) is 0 Å². The van der Waals surface area contributed by atoms with Crippen molar-refractivity contribution >= 4 is 11.8 Å². The molecule has 1 heterocycles. The number of carbonyl (C=O) groups excluding carboxylic acids is 2. The molecule has 1 aliphatic carbocycles. The summed E-state index contributed by atoms with van der Waals surface area (Å²) >= 11 is 0. The minimum Gasteiger partial charge on any atom is -0.345 e. The molecule has 2 rings (SSSR count). The van der Waals surface area contributed by atoms with Crippen molar-refractivity contribution in [1.82, 2.24) is 10.2 Å². The number of hydrogen-bond acceptors (Lipinski definition) is 2. The van der Waals surface area contributed by atoms with Gasteiger partial charge in [-0.1, -0.05) is 19.3 Å². The molecule has 4 nitrogen and oxygen atoms in total. The Bertz CT molecular complexity index is 309. The first-order valence-electron chi connectivity index (χ1n) is 6.70. The maximum Gasteiger partial charge on any atom is 0.243 e. The van der Waals surface area contributed by atoms with E-state index in [-0.39, 0.29) is 30.4 Å². The Hall–Kier alpha value is -1.06. The quantitative estimate of drug-likeness (QED) is 0.788. The topological polar surface area (TPSA) is 49.4 Å². The van der Waals surface area contributed by atoms with E-state index in [1.54, 1.807) is 4.90 Å². The first-order valence-corrected chi connectivity index (χ1v) is 6.70. The number of nitrogens with zero attached hydrogens (tertiary/aromatic N) is 1. The molecule has 0 radical (unpaired) electrons. The van der Waals surface area contributed by atoms with E-state index in [9.17, 15) is 9.59 Å². The van der Waals surface area contributed by atoms with Gasteiger partial charge >= 0.3 is 0 Å². The first kappa shape index (κ1) is 12.4. The van der Waals surface area contributed by atoms with Crippen molar-refractivity contribution in [3.05, 3.63) is 0 Å². The summed E-state index contributed by atoms with van der Waals surface area (Å²) in [4.78, 5) is 25.8. The molecule has 1 saturated carbocycles. The van der Waals surface area contributed by atoms with E-state index in [1.807, 2.05) is 13.8 Å². The lowest BCUT2D eigenvalue weighted by atomic mass is 9.81. The van der Waals surface area contributed by atoms with Crippen molar-refractivity contribution in [1.29, 1.82) is 0 Å². The Morgan fingerprint density at radius 3 is 2.41 bits per heavy atom. The Labute approximate surface area is 103 Å². The molecule has 0 aromatic heterocycles. The molecule has 0 aromatic rings. The lowest BCUT2D eigenvalue weighted by Crippen LogP contribution is -2.63. The summed E-state index contributed by atoms with van der Waals surface area (Å²) in [6.45, 7) is 4.15. The summed E-state index contributed by atoms with van der Waals surface area (Å²) in [5.41, 5.74) is 0. The predicted octanol–water partition coefficient (Wildman–Crippen LogP) is 1.30. The molecule has 2 fully saturated rings. The van der Waals surface area contributed by atoms with Gasteiger partial charge in [0.15, 0.2) is 0 Å². The Morgan fingerprint density at radius 2 is 1.82 bits per heavy atom. The lowest BCUT2D eigenvalue weighted by Gasteiger charge is -2.42. The normalized spacial score (nSPS) is 27.5. The summed E-state index contributed by atoms with van der Waals surface area (Å²) < 4.78 is 0. The minimum absolute atomic E-state index is 0.0465. The Kier molecular flexibility index (Phi) is 3.69. The molecule has 2 aliphatic rings. The van der Waals surface area contributed by atoms with E-state index in [4.69, 9.17) is 0 Å². The molecule has 1 aliphatic heterocycles. The molecule has 17 heavy (non-hydrogen) atoms. The van der Waals surface area contributed by atoms with Crippen LogP contribution in [0.15, 0.2) is 0 Å². The number of rotatable bonds is 2. The Balaban J connectivity index is 2.18. The number of hydrogen-bond donors (Lipinski definition) is 1. The summed E-state index contributed by atoms with van der Waals surface area (Å²) in [5, 5.41) is 2.73. The van der Waals surface area contributed by atoms with Crippen LogP contribution in [0.1, 0.15) is 46.0 Å². The zero-order chi connectivity index (χ0) is 12.4. The minimum atomic E-state index is -0.225. The van der Waals surface area contributed by atoms with Crippen LogP contribution in [0.5, 0.6) is 0 Å². The third-order valence-electron chi connectivity index (χ3n) is 3.92. The number of amides is 2. The molecule has 0 bridgehead atoms. The lowest BCUT2D eigenvalue weighted by molar-refractivity contribution is -0.150. The van der Waals surface area contributed by atoms with Gasteiger partial charge in [-0.15, -0.1) is 0 Å². The van der Waals surface area contributed by atoms with Crippen molar-refractivity contribution in [3.63, 3.8) is 0 Å². The standard InChI is InChI=1S/C13H22N2O2/c1-9(2)15-11(16)8-14-13(17)12(15)10-6-4-3-5-7-10/h9-10,12H,3-8H2,1-2H3,(H,14,17). The highest BCUT2D eigenvalue weighted by Crippen LogP contribution is 2.31. The van der Waals surface area contributed by atoms with Gasteiger partial charge in [-0.3, -0.25) is 9.59 Å². The van der Waals surface area contributed by atoms with Crippen LogP contribution in [0, 0.1) is 5.92 Å². The fourth-order valence-corrected chi connectivity index (χ4v) is 3.14. The van der Waals surface area contributed by atoms with Crippen LogP contribution in [0.2, 0.25) is 0 Å². The van der Waals surface area contributed by atoms with E-state index in [0.717, 1.165) is 12.8 Å². The summed E-state index contributed by atoms with van der Waals surface area (Å²) in [6, 6.07) is -0.114. The average molecular weight is 238 g/mol. The highest BCUT2D eigenvalue weighted by Gasteiger charge is 2.41. The first-order chi connectivity index (χ1) is 8.11. The predicted molar refractivity (Wildman–Crippen MR) is 65.4 cm³/mol. The highest BCUT2D eigenvalue weighted by atomic mass is 16.2. The number of piperazine rings is 1. The maximum atomic E-state index is 12.0. The van der Waals surface area contributed by atoms with Crippen LogP contribution < -0.4 is 5.32 Å². The second-order valence-electron chi connectivity index (χ2n) is 5.46. The molecule has 96 valence electrons. The molecule has 1 atom stereocenters. The number of nitrogens with one attached hydrogen (secondary N) is 1. The van der Waals surface area contributed by atoms with E-state index < -0.39 is 0 Å². The second-order valence-corrected chi connectivity index (χ2v) is 5.46. The fraction of sp³-hybridized carbons (Fsp3) is 0.846. The van der Waals surface area contributed by atoms with E-state index >= 15 is 0 Å². The molecule has 0 spiro atoms. The Morgan fingerprint density at radius 1 is 1.18 bits per heavy atom. The van der Waals surface area contributed by atoms with Gasteiger partial charge in [-0.05, 0) is 32.6 Å². The van der Waals surface area contributed by atoms with Crippen molar-refractivity contribution < 1.29 is 9.59 Å². The third kappa shape index (κ3) is 2.45. The molecule has 0 aromatic carbocycles. The van der Waals surface area contributed by atoms with Gasteiger partial charge < -0.3 is 10.2 Å². The SMILES string of the molecule is CC(C)N1C(=O)CNC(=O)C1C1CCCCC1. The molecular formula is C13H22N2O2. The summed E-state index contributed by atoms with van der Waals surface area (Å²) in [5.74, 6) is 0.468. The van der Waals surface area contributed by atoms with Crippen LogP contribution in [-0.4, -0.2) is 35.3 Å². The van der Waals surface area contributed by atoms with Crippen molar-refractivity contribution in [2.24, 2.45) is 5.92 Å². The average Bonchev–Trinajstić information content (AvgIpc) is 2.32. The molecule has 4 heteroatoms. The summed E-state index contributed by atoms with van der Waals surface area (Å²) in [6.07, 6.45) is 5.80. The zero-order valence-electron chi connectivity index (χ0n) is 10.7. The van der Waals surface area contributed by atoms with Crippen LogP contribution in [0.25, 0.3) is 0 Å². The smallest absolute Gasteiger partial charge is 0.243 e. The third-order valence-corrected chi connectivity index (χ3v) is 3.92. The van der Waals surface area contributed by atoms with Gasteiger partial charge in [-0.25, -0.2) is 0 Å². The van der Waals surface area contributed by atoms with Gasteiger partial charge in [0, 0.05) is 6.04 Å². The van der Waals surface area contributed by atoms with Crippen molar-refractivity contribution in [2.45, 2.75) is 58.0 Å². The summed E-state index contributed by atoms with van der Waals surface area (Å²) in [7, 11) is 0. The van der Waals surface area contributed by atoms with E-state index in [1.165, 1.54) is 19.3 Å². The van der Waals surface area contributed by atoms with Crippen LogP contribution in [-0.2, 0) is 9.59 Å². The van der Waals surface area contributed by atoms with E-state index in [0.29, 0.717) is 5.92 Å².